The van der Waals surface area contributed by atoms with Gasteiger partial charge in [-0.15, -0.1) is 0 Å². The first-order valence-corrected chi connectivity index (χ1v) is 6.51. The van der Waals surface area contributed by atoms with Gasteiger partial charge < -0.3 is 5.11 Å². The molecule has 2 aliphatic rings. The maximum Gasteiger partial charge on any atom is 0.151 e. The molecule has 1 fully saturated rings. The first-order valence-electron chi connectivity index (χ1n) is 5.76. The average molecular weight is 261 g/mol. The van der Waals surface area contributed by atoms with Gasteiger partial charge in [0.25, 0.3) is 0 Å². The van der Waals surface area contributed by atoms with Crippen LogP contribution in [-0.4, -0.2) is 9.44 Å². The van der Waals surface area contributed by atoms with Crippen LogP contribution in [0.4, 0.5) is 0 Å². The van der Waals surface area contributed by atoms with Crippen LogP contribution in [0.3, 0.4) is 0 Å². The zero-order valence-corrected chi connectivity index (χ0v) is 11.5. The molecule has 0 bridgehead atoms. The minimum Gasteiger partial charge on any atom is -0.511 e. The third kappa shape index (κ3) is 1.78. The van der Waals surface area contributed by atoms with E-state index in [1.54, 1.807) is 0 Å². The number of rotatable bonds is 2. The lowest BCUT2D eigenvalue weighted by molar-refractivity contribution is 0.235. The summed E-state index contributed by atoms with van der Waals surface area (Å²) in [6.07, 6.45) is 5.46. The first-order chi connectivity index (χ1) is 7.26. The lowest BCUT2D eigenvalue weighted by atomic mass is 9.76. The standard InChI is InChI=1S/C13H18Cl2O/c1-8-6-10(7-9-4-5-9)11(16)12(2,3)13(8,14)15/h6,9,16H,4-5,7H2,1-3H3. The van der Waals surface area contributed by atoms with Crippen LogP contribution >= 0.6 is 23.2 Å². The van der Waals surface area contributed by atoms with Crippen LogP contribution in [0.15, 0.2) is 23.0 Å². The van der Waals surface area contributed by atoms with E-state index < -0.39 is 9.75 Å². The summed E-state index contributed by atoms with van der Waals surface area (Å²) in [5, 5.41) is 10.3. The SMILES string of the molecule is CC1=CC(CC2CC2)=C(O)C(C)(C)C1(Cl)Cl. The van der Waals surface area contributed by atoms with Crippen molar-refractivity contribution < 1.29 is 5.11 Å². The van der Waals surface area contributed by atoms with Gasteiger partial charge in [-0.05, 0) is 57.1 Å². The largest absolute Gasteiger partial charge is 0.511 e. The van der Waals surface area contributed by atoms with E-state index >= 15 is 0 Å². The van der Waals surface area contributed by atoms with Crippen molar-refractivity contribution >= 4 is 23.2 Å². The van der Waals surface area contributed by atoms with Crippen LogP contribution in [0.1, 0.15) is 40.0 Å². The minimum absolute atomic E-state index is 0.356. The third-order valence-electron chi connectivity index (χ3n) is 3.77. The zero-order valence-electron chi connectivity index (χ0n) is 9.98. The second-order valence-corrected chi connectivity index (χ2v) is 6.88. The predicted octanol–water partition coefficient (Wildman–Crippen LogP) is 4.76. The van der Waals surface area contributed by atoms with Gasteiger partial charge in [0.1, 0.15) is 5.76 Å². The molecule has 2 rings (SSSR count). The molecule has 1 nitrogen and oxygen atoms in total. The molecule has 0 spiro atoms. The molecule has 0 aromatic carbocycles. The van der Waals surface area contributed by atoms with E-state index in [-0.39, 0.29) is 0 Å². The highest BCUT2D eigenvalue weighted by atomic mass is 35.5. The second-order valence-electron chi connectivity index (χ2n) is 5.55. The lowest BCUT2D eigenvalue weighted by Gasteiger charge is -2.41. The Morgan fingerprint density at radius 2 is 1.94 bits per heavy atom. The van der Waals surface area contributed by atoms with Crippen molar-refractivity contribution in [1.29, 1.82) is 0 Å². The van der Waals surface area contributed by atoms with Crippen LogP contribution in [-0.2, 0) is 0 Å². The van der Waals surface area contributed by atoms with Crippen molar-refractivity contribution in [3.63, 3.8) is 0 Å². The zero-order chi connectivity index (χ0) is 12.1. The van der Waals surface area contributed by atoms with Crippen molar-refractivity contribution in [2.75, 3.05) is 0 Å². The maximum atomic E-state index is 10.3. The number of halogens is 2. The number of hydrogen-bond donors (Lipinski definition) is 1. The van der Waals surface area contributed by atoms with Crippen molar-refractivity contribution in [2.45, 2.75) is 44.4 Å². The number of aliphatic hydroxyl groups excluding tert-OH is 1. The number of aliphatic hydroxyl groups is 1. The summed E-state index contributed by atoms with van der Waals surface area (Å²) < 4.78 is -1.01. The molecule has 0 heterocycles. The predicted molar refractivity (Wildman–Crippen MR) is 69.0 cm³/mol. The van der Waals surface area contributed by atoms with Gasteiger partial charge in [0.15, 0.2) is 4.33 Å². The molecule has 2 aliphatic carbocycles. The Morgan fingerprint density at radius 3 is 2.44 bits per heavy atom. The summed E-state index contributed by atoms with van der Waals surface area (Å²) in [6, 6.07) is 0. The molecule has 1 N–H and O–H groups in total. The van der Waals surface area contributed by atoms with E-state index in [1.807, 2.05) is 26.8 Å². The molecule has 1 saturated carbocycles. The van der Waals surface area contributed by atoms with E-state index in [1.165, 1.54) is 12.8 Å². The smallest absolute Gasteiger partial charge is 0.151 e. The highest BCUT2D eigenvalue weighted by Gasteiger charge is 2.49. The fourth-order valence-electron chi connectivity index (χ4n) is 2.25. The summed E-state index contributed by atoms with van der Waals surface area (Å²) in [5.41, 5.74) is 1.33. The van der Waals surface area contributed by atoms with E-state index in [4.69, 9.17) is 23.2 Å². The van der Waals surface area contributed by atoms with Crippen molar-refractivity contribution in [3.8, 4) is 0 Å². The van der Waals surface area contributed by atoms with E-state index in [2.05, 4.69) is 0 Å². The molecule has 0 saturated heterocycles. The van der Waals surface area contributed by atoms with Crippen LogP contribution in [0, 0.1) is 11.3 Å². The maximum absolute atomic E-state index is 10.3. The molecule has 16 heavy (non-hydrogen) atoms. The summed E-state index contributed by atoms with van der Waals surface area (Å²) in [5.74, 6) is 1.10. The first kappa shape index (κ1) is 12.3. The summed E-state index contributed by atoms with van der Waals surface area (Å²) in [6.45, 7) is 5.72. The van der Waals surface area contributed by atoms with Gasteiger partial charge >= 0.3 is 0 Å². The summed E-state index contributed by atoms with van der Waals surface area (Å²) in [4.78, 5) is 0. The third-order valence-corrected chi connectivity index (χ3v) is 5.31. The highest BCUT2D eigenvalue weighted by Crippen LogP contribution is 2.54. The Labute approximate surface area is 107 Å². The average Bonchev–Trinajstić information content (AvgIpc) is 2.97. The number of alkyl halides is 2. The topological polar surface area (TPSA) is 20.2 Å². The Balaban J connectivity index is 2.38. The Morgan fingerprint density at radius 1 is 1.38 bits per heavy atom. The quantitative estimate of drug-likeness (QED) is 0.710. The summed E-state index contributed by atoms with van der Waals surface area (Å²) in [7, 11) is 0. The molecule has 0 aliphatic heterocycles. The molecule has 0 radical (unpaired) electrons. The minimum atomic E-state index is -1.01. The molecule has 0 amide bonds. The van der Waals surface area contributed by atoms with Gasteiger partial charge in [-0.1, -0.05) is 29.3 Å². The van der Waals surface area contributed by atoms with Gasteiger partial charge in [-0.25, -0.2) is 0 Å². The van der Waals surface area contributed by atoms with E-state index in [0.29, 0.717) is 5.76 Å². The Bertz CT molecular complexity index is 373. The molecule has 90 valence electrons. The van der Waals surface area contributed by atoms with Gasteiger partial charge in [0.2, 0.25) is 0 Å². The van der Waals surface area contributed by atoms with E-state index in [9.17, 15) is 5.11 Å². The Hall–Kier alpha value is -0.140. The van der Waals surface area contributed by atoms with Crippen LogP contribution < -0.4 is 0 Å². The monoisotopic (exact) mass is 260 g/mol. The molecule has 0 aromatic heterocycles. The highest BCUT2D eigenvalue weighted by molar-refractivity contribution is 6.51. The van der Waals surface area contributed by atoms with Gasteiger partial charge in [-0.3, -0.25) is 0 Å². The summed E-state index contributed by atoms with van der Waals surface area (Å²) >= 11 is 12.7. The van der Waals surface area contributed by atoms with Crippen molar-refractivity contribution in [3.05, 3.63) is 23.0 Å². The normalized spacial score (nSPS) is 27.9. The molecule has 0 unspecified atom stereocenters. The fourth-order valence-corrected chi connectivity index (χ4v) is 2.54. The number of allylic oxidation sites excluding steroid dienone is 4. The van der Waals surface area contributed by atoms with Gasteiger partial charge in [0, 0.05) is 0 Å². The number of hydrogen-bond acceptors (Lipinski definition) is 1. The lowest BCUT2D eigenvalue weighted by Crippen LogP contribution is -2.40. The second kappa shape index (κ2) is 3.68. The van der Waals surface area contributed by atoms with Crippen LogP contribution in [0.2, 0.25) is 0 Å². The fraction of sp³-hybridized carbons (Fsp3) is 0.692. The van der Waals surface area contributed by atoms with E-state index in [0.717, 1.165) is 23.5 Å². The molecular weight excluding hydrogens is 243 g/mol. The Kier molecular flexibility index (Phi) is 2.83. The van der Waals surface area contributed by atoms with Crippen LogP contribution in [0.5, 0.6) is 0 Å². The van der Waals surface area contributed by atoms with Crippen molar-refractivity contribution in [2.24, 2.45) is 11.3 Å². The van der Waals surface area contributed by atoms with Gasteiger partial charge in [0.05, 0.1) is 5.41 Å². The van der Waals surface area contributed by atoms with Crippen LogP contribution in [0.25, 0.3) is 0 Å². The molecule has 3 heteroatoms. The van der Waals surface area contributed by atoms with Crippen molar-refractivity contribution in [1.82, 2.24) is 0 Å². The molecular formula is C13H18Cl2O. The molecule has 0 aromatic rings. The molecule has 0 atom stereocenters. The van der Waals surface area contributed by atoms with Gasteiger partial charge in [-0.2, -0.15) is 0 Å².